The second kappa shape index (κ2) is 10.0. The van der Waals surface area contributed by atoms with E-state index in [0.29, 0.717) is 30.4 Å². The van der Waals surface area contributed by atoms with Gasteiger partial charge in [0, 0.05) is 17.6 Å². The minimum Gasteiger partial charge on any atom is -0.351 e. The van der Waals surface area contributed by atoms with Crippen molar-refractivity contribution >= 4 is 34.4 Å². The molecule has 1 saturated carbocycles. The number of amides is 2. The van der Waals surface area contributed by atoms with Crippen molar-refractivity contribution in [3.05, 3.63) is 64.9 Å². The Kier molecular flexibility index (Phi) is 6.83. The third kappa shape index (κ3) is 4.81. The van der Waals surface area contributed by atoms with Gasteiger partial charge in [0.25, 0.3) is 5.91 Å². The summed E-state index contributed by atoms with van der Waals surface area (Å²) in [6.45, 7) is 2.72. The smallest absolute Gasteiger partial charge is 0.290 e. The third-order valence-corrected chi connectivity index (χ3v) is 7.87. The van der Waals surface area contributed by atoms with Crippen LogP contribution in [0.5, 0.6) is 0 Å². The Morgan fingerprint density at radius 3 is 2.49 bits per heavy atom. The first-order chi connectivity index (χ1) is 17.0. The van der Waals surface area contributed by atoms with Crippen LogP contribution < -0.4 is 5.32 Å². The number of nitrogens with one attached hydrogen (secondary N) is 1. The van der Waals surface area contributed by atoms with Crippen LogP contribution in [0, 0.1) is 0 Å². The van der Waals surface area contributed by atoms with Crippen LogP contribution in [0.25, 0.3) is 11.0 Å². The summed E-state index contributed by atoms with van der Waals surface area (Å²) < 4.78 is 1.92. The van der Waals surface area contributed by atoms with Crippen molar-refractivity contribution in [3.8, 4) is 0 Å². The second-order valence-corrected chi connectivity index (χ2v) is 10.6. The van der Waals surface area contributed by atoms with Gasteiger partial charge in [-0.15, -0.1) is 0 Å². The fourth-order valence-corrected chi connectivity index (χ4v) is 5.64. The number of imidazole rings is 1. The average molecular weight is 493 g/mol. The predicted molar refractivity (Wildman–Crippen MR) is 139 cm³/mol. The van der Waals surface area contributed by atoms with E-state index in [9.17, 15) is 9.59 Å². The van der Waals surface area contributed by atoms with Crippen molar-refractivity contribution in [2.75, 3.05) is 6.54 Å². The van der Waals surface area contributed by atoms with E-state index in [1.54, 1.807) is 4.90 Å². The molecule has 2 amide bonds. The molecule has 2 aliphatic rings. The third-order valence-electron chi connectivity index (χ3n) is 7.62. The molecule has 0 radical (unpaired) electrons. The zero-order valence-corrected chi connectivity index (χ0v) is 21.1. The SMILES string of the molecule is CC1(C(=O)NC2CCCCCCC2)Cn2c(nc3ccccc32)C(=O)N1CCc1ccc(Cl)cc1. The lowest BCUT2D eigenvalue weighted by atomic mass is 9.92. The van der Waals surface area contributed by atoms with E-state index < -0.39 is 5.54 Å². The van der Waals surface area contributed by atoms with Crippen LogP contribution in [0.1, 0.15) is 68.1 Å². The summed E-state index contributed by atoms with van der Waals surface area (Å²) in [5, 5.41) is 4.02. The fourth-order valence-electron chi connectivity index (χ4n) is 5.51. The summed E-state index contributed by atoms with van der Waals surface area (Å²) in [4.78, 5) is 34.1. The maximum absolute atomic E-state index is 13.9. The van der Waals surface area contributed by atoms with Crippen LogP contribution in [0.4, 0.5) is 0 Å². The van der Waals surface area contributed by atoms with E-state index in [1.807, 2.05) is 60.0 Å². The zero-order chi connectivity index (χ0) is 24.4. The number of rotatable bonds is 5. The van der Waals surface area contributed by atoms with Crippen LogP contribution in [0.2, 0.25) is 5.02 Å². The minimum absolute atomic E-state index is 0.0732. The van der Waals surface area contributed by atoms with Gasteiger partial charge in [-0.05, 0) is 56.0 Å². The largest absolute Gasteiger partial charge is 0.351 e. The highest BCUT2D eigenvalue weighted by molar-refractivity contribution is 6.30. The lowest BCUT2D eigenvalue weighted by Crippen LogP contribution is -2.65. The maximum Gasteiger partial charge on any atom is 0.290 e. The molecule has 184 valence electrons. The molecule has 2 heterocycles. The highest BCUT2D eigenvalue weighted by Gasteiger charge is 2.48. The van der Waals surface area contributed by atoms with Crippen molar-refractivity contribution in [2.24, 2.45) is 0 Å². The standard InChI is InChI=1S/C28H33ClN4O2/c1-28(27(35)30-22-9-5-3-2-4-6-10-22)19-32-24-12-8-7-11-23(24)31-25(32)26(34)33(28)18-17-20-13-15-21(29)16-14-20/h7-8,11-16,22H,2-6,9-10,17-19H2,1H3,(H,30,35). The number of benzene rings is 2. The number of hydrogen-bond acceptors (Lipinski definition) is 3. The Labute approximate surface area is 211 Å². The summed E-state index contributed by atoms with van der Waals surface area (Å²) in [7, 11) is 0. The number of hydrogen-bond donors (Lipinski definition) is 1. The summed E-state index contributed by atoms with van der Waals surface area (Å²) in [6.07, 6.45) is 8.63. The quantitative estimate of drug-likeness (QED) is 0.520. The normalized spacial score (nSPS) is 21.4. The Morgan fingerprint density at radius 1 is 1.06 bits per heavy atom. The molecule has 0 saturated heterocycles. The molecule has 1 fully saturated rings. The van der Waals surface area contributed by atoms with Crippen molar-refractivity contribution in [1.29, 1.82) is 0 Å². The topological polar surface area (TPSA) is 67.2 Å². The first-order valence-electron chi connectivity index (χ1n) is 12.8. The molecule has 3 aromatic rings. The summed E-state index contributed by atoms with van der Waals surface area (Å²) in [5.41, 5.74) is 1.72. The van der Waals surface area contributed by atoms with Crippen LogP contribution >= 0.6 is 11.6 Å². The fraction of sp³-hybridized carbons (Fsp3) is 0.464. The van der Waals surface area contributed by atoms with E-state index in [0.717, 1.165) is 42.3 Å². The Balaban J connectivity index is 1.46. The van der Waals surface area contributed by atoms with Gasteiger partial charge in [0.05, 0.1) is 17.6 Å². The van der Waals surface area contributed by atoms with Crippen molar-refractivity contribution in [1.82, 2.24) is 19.8 Å². The first kappa shape index (κ1) is 23.9. The monoisotopic (exact) mass is 492 g/mol. The van der Waals surface area contributed by atoms with Gasteiger partial charge in [-0.25, -0.2) is 4.98 Å². The molecule has 1 unspecified atom stereocenters. The molecule has 1 aliphatic carbocycles. The molecular formula is C28H33ClN4O2. The zero-order valence-electron chi connectivity index (χ0n) is 20.3. The Morgan fingerprint density at radius 2 is 1.74 bits per heavy atom. The van der Waals surface area contributed by atoms with Crippen LogP contribution in [0.3, 0.4) is 0 Å². The van der Waals surface area contributed by atoms with Crippen LogP contribution in [-0.2, 0) is 17.8 Å². The highest BCUT2D eigenvalue weighted by Crippen LogP contribution is 2.31. The Bertz CT molecular complexity index is 1210. The highest BCUT2D eigenvalue weighted by atomic mass is 35.5. The van der Waals surface area contributed by atoms with Gasteiger partial charge in [0.15, 0.2) is 5.82 Å². The molecule has 5 rings (SSSR count). The molecule has 0 bridgehead atoms. The number of aromatic nitrogens is 2. The number of carbonyl (C=O) groups is 2. The minimum atomic E-state index is -1.01. The van der Waals surface area contributed by atoms with Gasteiger partial charge in [-0.2, -0.15) is 0 Å². The van der Waals surface area contributed by atoms with Gasteiger partial charge in [0.2, 0.25) is 5.91 Å². The van der Waals surface area contributed by atoms with E-state index in [2.05, 4.69) is 10.3 Å². The summed E-state index contributed by atoms with van der Waals surface area (Å²) in [5.74, 6) is 0.131. The first-order valence-corrected chi connectivity index (χ1v) is 13.2. The van der Waals surface area contributed by atoms with E-state index in [4.69, 9.17) is 11.6 Å². The number of nitrogens with zero attached hydrogens (tertiary/aromatic N) is 3. The summed E-state index contributed by atoms with van der Waals surface area (Å²) in [6, 6.07) is 15.6. The van der Waals surface area contributed by atoms with Crippen molar-refractivity contribution in [3.63, 3.8) is 0 Å². The van der Waals surface area contributed by atoms with Gasteiger partial charge < -0.3 is 14.8 Å². The molecule has 1 atom stereocenters. The lowest BCUT2D eigenvalue weighted by molar-refractivity contribution is -0.133. The number of fused-ring (bicyclic) bond motifs is 3. The lowest BCUT2D eigenvalue weighted by Gasteiger charge is -2.44. The van der Waals surface area contributed by atoms with Crippen molar-refractivity contribution < 1.29 is 9.59 Å². The molecule has 7 heteroatoms. The van der Waals surface area contributed by atoms with E-state index in [-0.39, 0.29) is 17.9 Å². The average Bonchev–Trinajstić information content (AvgIpc) is 3.20. The molecule has 2 aromatic carbocycles. The van der Waals surface area contributed by atoms with Crippen LogP contribution in [0.15, 0.2) is 48.5 Å². The van der Waals surface area contributed by atoms with Gasteiger partial charge >= 0.3 is 0 Å². The van der Waals surface area contributed by atoms with E-state index in [1.165, 1.54) is 19.3 Å². The second-order valence-electron chi connectivity index (χ2n) is 10.1. The molecule has 0 spiro atoms. The van der Waals surface area contributed by atoms with Crippen molar-refractivity contribution in [2.45, 2.75) is 76.4 Å². The van der Waals surface area contributed by atoms with Gasteiger partial charge in [-0.1, -0.05) is 68.0 Å². The van der Waals surface area contributed by atoms with Gasteiger partial charge in [0.1, 0.15) is 5.54 Å². The molecule has 1 N–H and O–H groups in total. The number of halogens is 1. The van der Waals surface area contributed by atoms with Gasteiger partial charge in [-0.3, -0.25) is 9.59 Å². The predicted octanol–water partition coefficient (Wildman–Crippen LogP) is 5.38. The Hall–Kier alpha value is -2.86. The molecule has 1 aliphatic heterocycles. The number of carbonyl (C=O) groups excluding carboxylic acids is 2. The molecular weight excluding hydrogens is 460 g/mol. The molecule has 1 aromatic heterocycles. The summed E-state index contributed by atoms with van der Waals surface area (Å²) >= 11 is 6.05. The molecule has 35 heavy (non-hydrogen) atoms. The molecule has 6 nitrogen and oxygen atoms in total. The maximum atomic E-state index is 13.9. The number of para-hydroxylation sites is 2. The van der Waals surface area contributed by atoms with E-state index >= 15 is 0 Å². The van der Waals surface area contributed by atoms with Crippen LogP contribution in [-0.4, -0.2) is 44.4 Å².